The molecular weight excluding hydrogens is 344 g/mol. The zero-order valence-corrected chi connectivity index (χ0v) is 14.8. The number of anilines is 1. The van der Waals surface area contributed by atoms with Crippen molar-refractivity contribution in [3.8, 4) is 5.75 Å². The maximum absolute atomic E-state index is 12.2. The van der Waals surface area contributed by atoms with Gasteiger partial charge in [-0.3, -0.25) is 19.8 Å². The summed E-state index contributed by atoms with van der Waals surface area (Å²) in [5, 5.41) is 13.5. The smallest absolute Gasteiger partial charge is 0.409 e. The summed E-state index contributed by atoms with van der Waals surface area (Å²) in [6, 6.07) is 4.00. The van der Waals surface area contributed by atoms with Crippen LogP contribution in [0, 0.1) is 10.1 Å². The zero-order valence-electron chi connectivity index (χ0n) is 14.8. The number of hydrogen-bond donors (Lipinski definition) is 1. The first-order valence-corrected chi connectivity index (χ1v) is 8.21. The number of benzene rings is 1. The number of nitro groups is 1. The Morgan fingerprint density at radius 3 is 2.54 bits per heavy atom. The van der Waals surface area contributed by atoms with Gasteiger partial charge in [-0.15, -0.1) is 0 Å². The van der Waals surface area contributed by atoms with Crippen LogP contribution in [-0.4, -0.2) is 73.2 Å². The molecule has 1 saturated heterocycles. The summed E-state index contributed by atoms with van der Waals surface area (Å²) < 4.78 is 10.1. The lowest BCUT2D eigenvalue weighted by Crippen LogP contribution is -2.50. The molecule has 1 N–H and O–H groups in total. The molecule has 2 amide bonds. The predicted octanol–water partition coefficient (Wildman–Crippen LogP) is 1.32. The Balaban J connectivity index is 1.88. The van der Waals surface area contributed by atoms with E-state index in [0.29, 0.717) is 38.5 Å². The lowest BCUT2D eigenvalue weighted by Gasteiger charge is -2.33. The van der Waals surface area contributed by atoms with Crippen LogP contribution in [0.2, 0.25) is 0 Å². The van der Waals surface area contributed by atoms with Gasteiger partial charge in [0.05, 0.1) is 36.9 Å². The summed E-state index contributed by atoms with van der Waals surface area (Å²) in [6.45, 7) is 4.34. The van der Waals surface area contributed by atoms with Gasteiger partial charge in [0.15, 0.2) is 0 Å². The molecule has 1 aliphatic rings. The Morgan fingerprint density at radius 1 is 1.27 bits per heavy atom. The van der Waals surface area contributed by atoms with E-state index in [1.807, 2.05) is 4.90 Å². The second-order valence-corrected chi connectivity index (χ2v) is 5.65. The number of rotatable bonds is 6. The van der Waals surface area contributed by atoms with Crippen LogP contribution in [0.3, 0.4) is 0 Å². The zero-order chi connectivity index (χ0) is 19.1. The van der Waals surface area contributed by atoms with Gasteiger partial charge < -0.3 is 19.7 Å². The molecule has 0 aromatic heterocycles. The minimum atomic E-state index is -0.531. The normalized spacial score (nSPS) is 14.6. The minimum absolute atomic E-state index is 0.116. The molecule has 2 rings (SSSR count). The minimum Gasteiger partial charge on any atom is -0.494 e. The molecule has 142 valence electrons. The Hall–Kier alpha value is -2.88. The molecule has 0 atom stereocenters. The quantitative estimate of drug-likeness (QED) is 0.596. The number of methoxy groups -OCH3 is 1. The van der Waals surface area contributed by atoms with E-state index in [0.717, 1.165) is 0 Å². The number of hydrogen-bond acceptors (Lipinski definition) is 7. The molecule has 0 bridgehead atoms. The van der Waals surface area contributed by atoms with Crippen LogP contribution < -0.4 is 10.1 Å². The predicted molar refractivity (Wildman–Crippen MR) is 93.3 cm³/mol. The molecule has 0 unspecified atom stereocenters. The molecule has 0 aliphatic carbocycles. The Labute approximate surface area is 150 Å². The molecule has 1 aromatic rings. The van der Waals surface area contributed by atoms with Crippen LogP contribution in [-0.2, 0) is 9.53 Å². The van der Waals surface area contributed by atoms with Crippen LogP contribution in [0.1, 0.15) is 6.92 Å². The topological polar surface area (TPSA) is 114 Å². The van der Waals surface area contributed by atoms with Crippen LogP contribution in [0.4, 0.5) is 16.2 Å². The number of carbonyl (C=O) groups is 2. The third kappa shape index (κ3) is 5.06. The Kier molecular flexibility index (Phi) is 6.73. The third-order valence-corrected chi connectivity index (χ3v) is 3.94. The number of non-ortho nitro benzene ring substituents is 1. The van der Waals surface area contributed by atoms with Gasteiger partial charge in [0.25, 0.3) is 5.69 Å². The molecule has 0 saturated carbocycles. The van der Waals surface area contributed by atoms with Crippen molar-refractivity contribution < 1.29 is 24.0 Å². The first kappa shape index (κ1) is 19.4. The van der Waals surface area contributed by atoms with Gasteiger partial charge in [-0.05, 0) is 13.0 Å². The van der Waals surface area contributed by atoms with Gasteiger partial charge in [-0.25, -0.2) is 4.79 Å². The van der Waals surface area contributed by atoms with E-state index in [1.165, 1.54) is 25.3 Å². The highest BCUT2D eigenvalue weighted by Gasteiger charge is 2.23. The number of nitrogens with one attached hydrogen (secondary N) is 1. The average molecular weight is 366 g/mol. The van der Waals surface area contributed by atoms with E-state index in [9.17, 15) is 19.7 Å². The number of ether oxygens (including phenoxy) is 2. The van der Waals surface area contributed by atoms with Gasteiger partial charge in [-0.2, -0.15) is 0 Å². The van der Waals surface area contributed by atoms with Gasteiger partial charge in [0.1, 0.15) is 5.75 Å². The van der Waals surface area contributed by atoms with Crippen molar-refractivity contribution in [2.75, 3.05) is 51.8 Å². The first-order chi connectivity index (χ1) is 12.4. The van der Waals surface area contributed by atoms with Crippen molar-refractivity contribution in [3.63, 3.8) is 0 Å². The van der Waals surface area contributed by atoms with Crippen LogP contribution in [0.5, 0.6) is 5.75 Å². The lowest BCUT2D eigenvalue weighted by molar-refractivity contribution is -0.384. The van der Waals surface area contributed by atoms with Crippen molar-refractivity contribution in [1.82, 2.24) is 9.80 Å². The van der Waals surface area contributed by atoms with Gasteiger partial charge in [0.2, 0.25) is 5.91 Å². The van der Waals surface area contributed by atoms with Gasteiger partial charge in [-0.1, -0.05) is 0 Å². The highest BCUT2D eigenvalue weighted by atomic mass is 16.6. The second kappa shape index (κ2) is 8.99. The van der Waals surface area contributed by atoms with E-state index < -0.39 is 4.92 Å². The molecule has 0 spiro atoms. The van der Waals surface area contributed by atoms with Crippen molar-refractivity contribution in [2.45, 2.75) is 6.92 Å². The first-order valence-electron chi connectivity index (χ1n) is 8.21. The molecule has 10 heteroatoms. The molecule has 0 radical (unpaired) electrons. The fourth-order valence-electron chi connectivity index (χ4n) is 2.59. The highest BCUT2D eigenvalue weighted by molar-refractivity contribution is 5.94. The van der Waals surface area contributed by atoms with Crippen molar-refractivity contribution in [1.29, 1.82) is 0 Å². The fraction of sp³-hybridized carbons (Fsp3) is 0.500. The second-order valence-electron chi connectivity index (χ2n) is 5.65. The summed E-state index contributed by atoms with van der Waals surface area (Å²) in [5.74, 6) is -0.0404. The number of nitro benzene ring substituents is 1. The third-order valence-electron chi connectivity index (χ3n) is 3.94. The molecule has 1 aromatic carbocycles. The Morgan fingerprint density at radius 2 is 1.96 bits per heavy atom. The standard InChI is InChI=1S/C16H22N4O6/c1-3-26-16(22)19-8-6-18(7-9-19)11-15(21)17-13-5-4-12(20(23)24)10-14(13)25-2/h4-5,10H,3,6-9,11H2,1-2H3,(H,17,21). The van der Waals surface area contributed by atoms with E-state index in [4.69, 9.17) is 9.47 Å². The average Bonchev–Trinajstić information content (AvgIpc) is 2.62. The SMILES string of the molecule is CCOC(=O)N1CCN(CC(=O)Nc2ccc([N+](=O)[O-])cc2OC)CC1. The van der Waals surface area contributed by atoms with E-state index >= 15 is 0 Å². The van der Waals surface area contributed by atoms with Crippen LogP contribution in [0.15, 0.2) is 18.2 Å². The van der Waals surface area contributed by atoms with Crippen LogP contribution in [0.25, 0.3) is 0 Å². The van der Waals surface area contributed by atoms with E-state index in [2.05, 4.69) is 5.32 Å². The molecule has 1 aliphatic heterocycles. The van der Waals surface area contributed by atoms with Crippen molar-refractivity contribution in [2.24, 2.45) is 0 Å². The molecule has 1 heterocycles. The van der Waals surface area contributed by atoms with Gasteiger partial charge >= 0.3 is 6.09 Å². The molecule has 1 fully saturated rings. The molecule has 10 nitrogen and oxygen atoms in total. The maximum Gasteiger partial charge on any atom is 0.409 e. The van der Waals surface area contributed by atoms with Crippen LogP contribution >= 0.6 is 0 Å². The van der Waals surface area contributed by atoms with Crippen molar-refractivity contribution in [3.05, 3.63) is 28.3 Å². The largest absolute Gasteiger partial charge is 0.494 e. The summed E-state index contributed by atoms with van der Waals surface area (Å²) in [4.78, 5) is 37.7. The number of amides is 2. The van der Waals surface area contributed by atoms with Crippen molar-refractivity contribution >= 4 is 23.4 Å². The molecular formula is C16H22N4O6. The number of nitrogens with zero attached hydrogens (tertiary/aromatic N) is 3. The lowest BCUT2D eigenvalue weighted by atomic mass is 10.2. The fourth-order valence-corrected chi connectivity index (χ4v) is 2.59. The highest BCUT2D eigenvalue weighted by Crippen LogP contribution is 2.28. The van der Waals surface area contributed by atoms with E-state index in [1.54, 1.807) is 11.8 Å². The maximum atomic E-state index is 12.2. The summed E-state index contributed by atoms with van der Waals surface area (Å²) >= 11 is 0. The summed E-state index contributed by atoms with van der Waals surface area (Å²) in [6.07, 6.45) is -0.341. The summed E-state index contributed by atoms with van der Waals surface area (Å²) in [7, 11) is 1.38. The Bertz CT molecular complexity index is 673. The number of piperazine rings is 1. The van der Waals surface area contributed by atoms with Gasteiger partial charge in [0, 0.05) is 32.2 Å². The summed E-state index contributed by atoms with van der Waals surface area (Å²) in [5.41, 5.74) is 0.253. The molecule has 26 heavy (non-hydrogen) atoms. The van der Waals surface area contributed by atoms with E-state index in [-0.39, 0.29) is 30.0 Å². The number of carbonyl (C=O) groups excluding carboxylic acids is 2. The monoisotopic (exact) mass is 366 g/mol.